The topological polar surface area (TPSA) is 174 Å². The van der Waals surface area contributed by atoms with E-state index >= 15 is 0 Å². The van der Waals surface area contributed by atoms with E-state index in [4.69, 9.17) is 14.2 Å². The van der Waals surface area contributed by atoms with Crippen LogP contribution in [0, 0.1) is 11.8 Å². The quantitative estimate of drug-likeness (QED) is 0.179. The van der Waals surface area contributed by atoms with Crippen molar-refractivity contribution in [3.63, 3.8) is 0 Å². The molecule has 0 aromatic rings. The molecular formula is C26H30O11. The van der Waals surface area contributed by atoms with E-state index in [-0.39, 0.29) is 42.4 Å². The summed E-state index contributed by atoms with van der Waals surface area (Å²) in [5.41, 5.74) is -1.10. The van der Waals surface area contributed by atoms with Gasteiger partial charge >= 0.3 is 29.8 Å². The van der Waals surface area contributed by atoms with E-state index in [0.717, 1.165) is 19.3 Å². The summed E-state index contributed by atoms with van der Waals surface area (Å²) in [5.74, 6) is -7.33. The Kier molecular flexibility index (Phi) is 8.05. The minimum absolute atomic E-state index is 0.155. The summed E-state index contributed by atoms with van der Waals surface area (Å²) in [6.07, 6.45) is 0.0132. The van der Waals surface area contributed by atoms with Crippen LogP contribution in [0.25, 0.3) is 0 Å². The van der Waals surface area contributed by atoms with Crippen LogP contribution < -0.4 is 0 Å². The number of carbonyl (C=O) groups excluding carboxylic acids is 5. The highest BCUT2D eigenvalue weighted by molar-refractivity contribution is 6.15. The first-order valence-corrected chi connectivity index (χ1v) is 12.5. The third-order valence-electron chi connectivity index (χ3n) is 7.38. The second-order valence-electron chi connectivity index (χ2n) is 9.80. The highest BCUT2D eigenvalue weighted by Crippen LogP contribution is 2.43. The van der Waals surface area contributed by atoms with Crippen molar-refractivity contribution >= 4 is 29.8 Å². The second-order valence-corrected chi connectivity index (χ2v) is 9.80. The first kappa shape index (κ1) is 26.9. The van der Waals surface area contributed by atoms with Crippen molar-refractivity contribution in [1.29, 1.82) is 0 Å². The highest BCUT2D eigenvalue weighted by atomic mass is 16.6. The predicted molar refractivity (Wildman–Crippen MR) is 123 cm³/mol. The SMILES string of the molecule is CCCCCC[C@H](O)[C@@H]1C2=C(CC([C@H](O)[C@@H]3CC=CC(=O)O3)CC3=C(C(=O)OC3=O)[C@H]1O)C(=O)OC2=O. The Bertz CT molecular complexity index is 1100. The molecule has 0 aromatic heterocycles. The van der Waals surface area contributed by atoms with Gasteiger partial charge in [0.1, 0.15) is 6.10 Å². The smallest absolute Gasteiger partial charge is 0.345 e. The van der Waals surface area contributed by atoms with Gasteiger partial charge in [-0.1, -0.05) is 38.7 Å². The van der Waals surface area contributed by atoms with Gasteiger partial charge in [-0.2, -0.15) is 0 Å². The normalized spacial score (nSPS) is 29.7. The van der Waals surface area contributed by atoms with Crippen LogP contribution in [-0.4, -0.2) is 69.6 Å². The zero-order valence-corrected chi connectivity index (χ0v) is 20.4. The van der Waals surface area contributed by atoms with E-state index in [1.807, 2.05) is 6.92 Å². The summed E-state index contributed by atoms with van der Waals surface area (Å²) < 4.78 is 14.8. The van der Waals surface area contributed by atoms with E-state index in [9.17, 15) is 39.3 Å². The number of aliphatic hydroxyl groups is 3. The van der Waals surface area contributed by atoms with E-state index in [1.54, 1.807) is 0 Å². The van der Waals surface area contributed by atoms with Crippen LogP contribution in [0.4, 0.5) is 0 Å². The Labute approximate surface area is 212 Å². The predicted octanol–water partition coefficient (Wildman–Crippen LogP) is 0.697. The molecule has 0 bridgehead atoms. The lowest BCUT2D eigenvalue weighted by atomic mass is 9.80. The molecule has 0 radical (unpaired) electrons. The number of ether oxygens (including phenoxy) is 3. The largest absolute Gasteiger partial charge is 0.456 e. The Morgan fingerprint density at radius 2 is 1.51 bits per heavy atom. The van der Waals surface area contributed by atoms with Crippen molar-refractivity contribution in [2.45, 2.75) is 82.7 Å². The van der Waals surface area contributed by atoms with E-state index in [1.165, 1.54) is 12.2 Å². The first-order chi connectivity index (χ1) is 17.6. The fraction of sp³-hybridized carbons (Fsp3) is 0.577. The Balaban J connectivity index is 1.78. The highest BCUT2D eigenvalue weighted by Gasteiger charge is 2.51. The molecule has 0 aromatic carbocycles. The van der Waals surface area contributed by atoms with Crippen LogP contribution in [0.3, 0.4) is 0 Å². The summed E-state index contributed by atoms with van der Waals surface area (Å²) >= 11 is 0. The fourth-order valence-corrected chi connectivity index (χ4v) is 5.48. The summed E-state index contributed by atoms with van der Waals surface area (Å²) in [4.78, 5) is 62.6. The molecule has 0 saturated carbocycles. The molecule has 3 heterocycles. The van der Waals surface area contributed by atoms with Crippen LogP contribution in [0.2, 0.25) is 0 Å². The standard InChI is InChI=1S/C26H30O11/c1-2-3-4-5-7-15(27)20-18-13(23(31)36-25(18)33)10-12(21(29)16-8-6-9-17(28)35-16)11-14-19(22(20)30)26(34)37-24(14)32/h6,9,12,15-16,20-22,27,29-30H,2-5,7-8,10-11H2,1H3/t12?,15-,16-,20+,21-,22+/m0/s1. The molecule has 37 heavy (non-hydrogen) atoms. The molecule has 0 saturated heterocycles. The van der Waals surface area contributed by atoms with Crippen molar-refractivity contribution in [2.24, 2.45) is 11.8 Å². The van der Waals surface area contributed by atoms with Crippen molar-refractivity contribution in [3.8, 4) is 0 Å². The van der Waals surface area contributed by atoms with Gasteiger partial charge < -0.3 is 29.5 Å². The van der Waals surface area contributed by atoms with Gasteiger partial charge in [0, 0.05) is 24.0 Å². The number of rotatable bonds is 8. The minimum Gasteiger partial charge on any atom is -0.456 e. The van der Waals surface area contributed by atoms with Crippen molar-refractivity contribution in [2.75, 3.05) is 0 Å². The van der Waals surface area contributed by atoms with Crippen LogP contribution in [0.15, 0.2) is 34.4 Å². The monoisotopic (exact) mass is 518 g/mol. The van der Waals surface area contributed by atoms with Crippen LogP contribution in [0.5, 0.6) is 0 Å². The number of esters is 5. The summed E-state index contributed by atoms with van der Waals surface area (Å²) in [7, 11) is 0. The molecule has 4 rings (SSSR count). The average molecular weight is 519 g/mol. The molecule has 1 aliphatic carbocycles. The van der Waals surface area contributed by atoms with Crippen LogP contribution in [0.1, 0.15) is 58.3 Å². The lowest BCUT2D eigenvalue weighted by Gasteiger charge is -2.30. The molecule has 3 N–H and O–H groups in total. The summed E-state index contributed by atoms with van der Waals surface area (Å²) in [6, 6.07) is 0. The zero-order valence-electron chi connectivity index (χ0n) is 20.4. The minimum atomic E-state index is -1.84. The third kappa shape index (κ3) is 5.29. The van der Waals surface area contributed by atoms with Gasteiger partial charge in [0.15, 0.2) is 0 Å². The number of unbranched alkanes of at least 4 members (excludes halogenated alkanes) is 3. The zero-order chi connectivity index (χ0) is 26.9. The molecule has 11 heteroatoms. The maximum absolute atomic E-state index is 12.8. The van der Waals surface area contributed by atoms with Gasteiger partial charge in [-0.3, -0.25) is 0 Å². The molecule has 0 amide bonds. The Hall–Kier alpha value is -3.15. The molecule has 0 spiro atoms. The Morgan fingerprint density at radius 3 is 2.14 bits per heavy atom. The van der Waals surface area contributed by atoms with Gasteiger partial charge in [0.05, 0.1) is 35.0 Å². The van der Waals surface area contributed by atoms with E-state index < -0.39 is 71.7 Å². The number of carbonyl (C=O) groups is 5. The molecule has 4 aliphatic rings. The fourth-order valence-electron chi connectivity index (χ4n) is 5.48. The van der Waals surface area contributed by atoms with Gasteiger partial charge in [-0.15, -0.1) is 0 Å². The van der Waals surface area contributed by atoms with E-state index in [0.29, 0.717) is 6.42 Å². The average Bonchev–Trinajstić information content (AvgIpc) is 3.30. The summed E-state index contributed by atoms with van der Waals surface area (Å²) in [6.45, 7) is 2.02. The number of hydrogen-bond acceptors (Lipinski definition) is 11. The van der Waals surface area contributed by atoms with Gasteiger partial charge in [0.2, 0.25) is 0 Å². The number of hydrogen-bond donors (Lipinski definition) is 3. The number of cyclic esters (lactones) is 5. The van der Waals surface area contributed by atoms with Crippen LogP contribution in [-0.2, 0) is 38.2 Å². The third-order valence-corrected chi connectivity index (χ3v) is 7.38. The van der Waals surface area contributed by atoms with Crippen molar-refractivity contribution in [3.05, 3.63) is 34.4 Å². The molecule has 3 aliphatic heterocycles. The molecule has 1 unspecified atom stereocenters. The van der Waals surface area contributed by atoms with Gasteiger partial charge in [0.25, 0.3) is 0 Å². The lowest BCUT2D eigenvalue weighted by Crippen LogP contribution is -2.39. The molecule has 6 atom stereocenters. The van der Waals surface area contributed by atoms with Gasteiger partial charge in [-0.05, 0) is 25.2 Å². The lowest BCUT2D eigenvalue weighted by molar-refractivity contribution is -0.154. The molecule has 0 fully saturated rings. The summed E-state index contributed by atoms with van der Waals surface area (Å²) in [5, 5.41) is 33.6. The maximum atomic E-state index is 12.8. The Morgan fingerprint density at radius 1 is 0.892 bits per heavy atom. The van der Waals surface area contributed by atoms with Crippen molar-refractivity contribution in [1.82, 2.24) is 0 Å². The van der Waals surface area contributed by atoms with Gasteiger partial charge in [-0.25, -0.2) is 24.0 Å². The molecule has 200 valence electrons. The van der Waals surface area contributed by atoms with E-state index in [2.05, 4.69) is 0 Å². The first-order valence-electron chi connectivity index (χ1n) is 12.5. The van der Waals surface area contributed by atoms with Crippen molar-refractivity contribution < 1.29 is 53.5 Å². The number of aliphatic hydroxyl groups excluding tert-OH is 3. The second kappa shape index (κ2) is 11.1. The molecule has 11 nitrogen and oxygen atoms in total. The van der Waals surface area contributed by atoms with Crippen LogP contribution >= 0.6 is 0 Å². The molecular weight excluding hydrogens is 488 g/mol. The maximum Gasteiger partial charge on any atom is 0.345 e.